The molecule has 0 aliphatic heterocycles. The number of aromatic nitrogens is 3. The fourth-order valence-corrected chi connectivity index (χ4v) is 3.68. The Labute approximate surface area is 192 Å². The first-order valence-electron chi connectivity index (χ1n) is 11.8. The van der Waals surface area contributed by atoms with Crippen LogP contribution in [0.1, 0.15) is 77.8 Å². The van der Waals surface area contributed by atoms with E-state index in [9.17, 15) is 4.79 Å². The lowest BCUT2D eigenvalue weighted by molar-refractivity contribution is -0.143. The Morgan fingerprint density at radius 2 is 1.69 bits per heavy atom. The number of hydrogen-bond donors (Lipinski definition) is 0. The Kier molecular flexibility index (Phi) is 8.05. The number of nitrogens with zero attached hydrogens (tertiary/aromatic N) is 3. The van der Waals surface area contributed by atoms with E-state index in [4.69, 9.17) is 4.74 Å². The van der Waals surface area contributed by atoms with Gasteiger partial charge in [0.05, 0.1) is 12.3 Å². The summed E-state index contributed by atoms with van der Waals surface area (Å²) in [5, 5.41) is 9.26. The standard InChI is InChI=1S/C27H37N3O2/c1-20(2)11-7-6-10-16-32-26(31)15-14-21-17-22(27(3,4)5)19-23(18-21)30-28-24-12-8-9-13-25(24)29-30/h8-9,12-13,17-20H,6-7,10-11,14-16H2,1-5H3. The lowest BCUT2D eigenvalue weighted by Crippen LogP contribution is -2.14. The largest absolute Gasteiger partial charge is 0.466 e. The minimum absolute atomic E-state index is 0.0200. The first kappa shape index (κ1) is 24.0. The van der Waals surface area contributed by atoms with Crippen molar-refractivity contribution in [3.63, 3.8) is 0 Å². The van der Waals surface area contributed by atoms with Gasteiger partial charge < -0.3 is 4.74 Å². The van der Waals surface area contributed by atoms with Crippen molar-refractivity contribution in [2.45, 2.75) is 78.6 Å². The molecule has 172 valence electrons. The van der Waals surface area contributed by atoms with E-state index in [0.717, 1.165) is 41.0 Å². The van der Waals surface area contributed by atoms with Gasteiger partial charge in [0.2, 0.25) is 0 Å². The number of ether oxygens (including phenoxy) is 1. The zero-order chi connectivity index (χ0) is 23.1. The van der Waals surface area contributed by atoms with Gasteiger partial charge in [-0.3, -0.25) is 4.79 Å². The molecule has 0 aliphatic rings. The predicted octanol–water partition coefficient (Wildman–Crippen LogP) is 6.41. The number of carbonyl (C=O) groups is 1. The third kappa shape index (κ3) is 6.91. The van der Waals surface area contributed by atoms with E-state index in [2.05, 4.69) is 63.0 Å². The van der Waals surface area contributed by atoms with Gasteiger partial charge in [-0.05, 0) is 59.6 Å². The van der Waals surface area contributed by atoms with Gasteiger partial charge in [-0.1, -0.05) is 72.1 Å². The molecule has 5 heteroatoms. The van der Waals surface area contributed by atoms with Gasteiger partial charge in [0.1, 0.15) is 11.0 Å². The molecule has 0 amide bonds. The zero-order valence-electron chi connectivity index (χ0n) is 20.2. The second-order valence-corrected chi connectivity index (χ2v) is 10.1. The van der Waals surface area contributed by atoms with Crippen LogP contribution in [0, 0.1) is 5.92 Å². The highest BCUT2D eigenvalue weighted by atomic mass is 16.5. The normalized spacial score (nSPS) is 11.9. The van der Waals surface area contributed by atoms with Crippen molar-refractivity contribution < 1.29 is 9.53 Å². The predicted molar refractivity (Wildman–Crippen MR) is 130 cm³/mol. The lowest BCUT2D eigenvalue weighted by atomic mass is 9.85. The topological polar surface area (TPSA) is 57.0 Å². The molecule has 0 aliphatic carbocycles. The third-order valence-corrected chi connectivity index (χ3v) is 5.67. The quantitative estimate of drug-likeness (QED) is 0.273. The van der Waals surface area contributed by atoms with Gasteiger partial charge in [-0.25, -0.2) is 0 Å². The maximum atomic E-state index is 12.3. The molecule has 1 heterocycles. The Morgan fingerprint density at radius 3 is 2.31 bits per heavy atom. The highest BCUT2D eigenvalue weighted by Gasteiger charge is 2.17. The van der Waals surface area contributed by atoms with Crippen molar-refractivity contribution in [2.24, 2.45) is 5.92 Å². The van der Waals surface area contributed by atoms with Crippen LogP contribution in [0.4, 0.5) is 0 Å². The maximum absolute atomic E-state index is 12.3. The number of hydrogen-bond acceptors (Lipinski definition) is 4. The Balaban J connectivity index is 1.64. The minimum atomic E-state index is -0.125. The summed E-state index contributed by atoms with van der Waals surface area (Å²) in [4.78, 5) is 14.0. The van der Waals surface area contributed by atoms with Crippen molar-refractivity contribution in [3.05, 3.63) is 53.6 Å². The molecule has 0 saturated heterocycles. The highest BCUT2D eigenvalue weighted by Crippen LogP contribution is 2.27. The second kappa shape index (κ2) is 10.8. The van der Waals surface area contributed by atoms with Crippen LogP contribution in [0.2, 0.25) is 0 Å². The third-order valence-electron chi connectivity index (χ3n) is 5.67. The molecule has 0 spiro atoms. The zero-order valence-corrected chi connectivity index (χ0v) is 20.2. The number of unbranched alkanes of at least 4 members (excludes halogenated alkanes) is 2. The van der Waals surface area contributed by atoms with Crippen molar-refractivity contribution in [1.29, 1.82) is 0 Å². The molecule has 3 rings (SSSR count). The number of rotatable bonds is 10. The molecular formula is C27H37N3O2. The Hall–Kier alpha value is -2.69. The maximum Gasteiger partial charge on any atom is 0.306 e. The average Bonchev–Trinajstić information content (AvgIpc) is 3.18. The summed E-state index contributed by atoms with van der Waals surface area (Å²) < 4.78 is 5.45. The van der Waals surface area contributed by atoms with Gasteiger partial charge in [0.25, 0.3) is 0 Å². The van der Waals surface area contributed by atoms with Gasteiger partial charge >= 0.3 is 5.97 Å². The SMILES string of the molecule is CC(C)CCCCCOC(=O)CCc1cc(-n2nc3ccccc3n2)cc(C(C)(C)C)c1. The number of esters is 1. The fourth-order valence-electron chi connectivity index (χ4n) is 3.68. The van der Waals surface area contributed by atoms with E-state index in [1.807, 2.05) is 24.3 Å². The van der Waals surface area contributed by atoms with Crippen LogP contribution >= 0.6 is 0 Å². The van der Waals surface area contributed by atoms with Gasteiger partial charge in [0.15, 0.2) is 0 Å². The highest BCUT2D eigenvalue weighted by molar-refractivity contribution is 5.73. The smallest absolute Gasteiger partial charge is 0.306 e. The fraction of sp³-hybridized carbons (Fsp3) is 0.519. The first-order valence-corrected chi connectivity index (χ1v) is 11.8. The molecular weight excluding hydrogens is 398 g/mol. The monoisotopic (exact) mass is 435 g/mol. The number of benzene rings is 2. The molecule has 0 N–H and O–H groups in total. The van der Waals surface area contributed by atoms with Gasteiger partial charge in [-0.15, -0.1) is 10.2 Å². The summed E-state index contributed by atoms with van der Waals surface area (Å²) in [7, 11) is 0. The summed E-state index contributed by atoms with van der Waals surface area (Å²) in [6.45, 7) is 11.6. The minimum Gasteiger partial charge on any atom is -0.466 e. The summed E-state index contributed by atoms with van der Waals surface area (Å²) in [6, 6.07) is 14.3. The number of aryl methyl sites for hydroxylation is 1. The van der Waals surface area contributed by atoms with Crippen LogP contribution in [0.3, 0.4) is 0 Å². The van der Waals surface area contributed by atoms with Crippen molar-refractivity contribution >= 4 is 17.0 Å². The van der Waals surface area contributed by atoms with E-state index < -0.39 is 0 Å². The molecule has 0 fully saturated rings. The molecule has 0 atom stereocenters. The van der Waals surface area contributed by atoms with E-state index in [1.54, 1.807) is 4.80 Å². The van der Waals surface area contributed by atoms with Crippen LogP contribution in [0.25, 0.3) is 16.7 Å². The van der Waals surface area contributed by atoms with Crippen LogP contribution in [0.5, 0.6) is 0 Å². The van der Waals surface area contributed by atoms with Crippen molar-refractivity contribution in [1.82, 2.24) is 15.0 Å². The average molecular weight is 436 g/mol. The van der Waals surface area contributed by atoms with E-state index >= 15 is 0 Å². The first-order chi connectivity index (χ1) is 15.2. The molecule has 0 bridgehead atoms. The molecule has 2 aromatic carbocycles. The Bertz CT molecular complexity index is 998. The van der Waals surface area contributed by atoms with Crippen LogP contribution in [0.15, 0.2) is 42.5 Å². The molecule has 5 nitrogen and oxygen atoms in total. The van der Waals surface area contributed by atoms with Crippen molar-refractivity contribution in [2.75, 3.05) is 6.61 Å². The van der Waals surface area contributed by atoms with E-state index in [0.29, 0.717) is 19.4 Å². The Morgan fingerprint density at radius 1 is 1.00 bits per heavy atom. The molecule has 3 aromatic rings. The van der Waals surface area contributed by atoms with Gasteiger partial charge in [0, 0.05) is 6.42 Å². The molecule has 32 heavy (non-hydrogen) atoms. The van der Waals surface area contributed by atoms with E-state index in [1.165, 1.54) is 18.4 Å². The molecule has 0 radical (unpaired) electrons. The van der Waals surface area contributed by atoms with Gasteiger partial charge in [-0.2, -0.15) is 4.80 Å². The number of carbonyl (C=O) groups excluding carboxylic acids is 1. The number of fused-ring (bicyclic) bond motifs is 1. The molecule has 1 aromatic heterocycles. The van der Waals surface area contributed by atoms with Crippen molar-refractivity contribution in [3.8, 4) is 5.69 Å². The van der Waals surface area contributed by atoms with Crippen LogP contribution in [-0.4, -0.2) is 27.6 Å². The van der Waals surface area contributed by atoms with Crippen LogP contribution in [-0.2, 0) is 21.4 Å². The molecule has 0 saturated carbocycles. The van der Waals surface area contributed by atoms with Crippen LogP contribution < -0.4 is 0 Å². The lowest BCUT2D eigenvalue weighted by Gasteiger charge is -2.21. The summed E-state index contributed by atoms with van der Waals surface area (Å²) >= 11 is 0. The van der Waals surface area contributed by atoms with E-state index in [-0.39, 0.29) is 11.4 Å². The summed E-state index contributed by atoms with van der Waals surface area (Å²) in [5.74, 6) is 0.612. The summed E-state index contributed by atoms with van der Waals surface area (Å²) in [6.07, 6.45) is 5.53. The second-order valence-electron chi connectivity index (χ2n) is 10.1. The molecule has 0 unspecified atom stereocenters. The summed E-state index contributed by atoms with van der Waals surface area (Å²) in [5.41, 5.74) is 4.93.